The van der Waals surface area contributed by atoms with Crippen molar-refractivity contribution in [3.05, 3.63) is 44.3 Å². The molecule has 1 N–H and O–H groups in total. The number of carbonyl (C=O) groups excluding carboxylic acids is 1. The number of hydrogen-bond donors (Lipinski definition) is 1. The topological polar surface area (TPSA) is 90.7 Å². The minimum atomic E-state index is -0.731. The standard InChI is InChI=1S/C19H22Cl2N2O5/c1-5-28-19(26)12-8-23(15(9-24)10(2)3)14(7-16(12)25)11-6-13(20)18(27-4)22-17(11)21/h6-8,10,15,24H,5,9H2,1-4H3. The Morgan fingerprint density at radius 2 is 2.00 bits per heavy atom. The van der Waals surface area contributed by atoms with Crippen LogP contribution in [0, 0.1) is 5.92 Å². The van der Waals surface area contributed by atoms with Gasteiger partial charge in [0.25, 0.3) is 0 Å². The van der Waals surface area contributed by atoms with E-state index in [0.717, 1.165) is 0 Å². The number of methoxy groups -OCH3 is 1. The average molecular weight is 429 g/mol. The van der Waals surface area contributed by atoms with E-state index in [0.29, 0.717) is 11.3 Å². The van der Waals surface area contributed by atoms with E-state index in [1.165, 1.54) is 25.4 Å². The molecule has 0 saturated carbocycles. The number of pyridine rings is 2. The van der Waals surface area contributed by atoms with E-state index in [9.17, 15) is 14.7 Å². The van der Waals surface area contributed by atoms with Crippen molar-refractivity contribution in [2.24, 2.45) is 5.92 Å². The zero-order valence-electron chi connectivity index (χ0n) is 16.0. The number of carbonyl (C=O) groups is 1. The zero-order valence-corrected chi connectivity index (χ0v) is 17.5. The SMILES string of the molecule is CCOC(=O)c1cn(C(CO)C(C)C)c(-c2cc(Cl)c(OC)nc2Cl)cc1=O. The summed E-state index contributed by atoms with van der Waals surface area (Å²) in [4.78, 5) is 28.9. The van der Waals surface area contributed by atoms with Gasteiger partial charge in [0.2, 0.25) is 5.88 Å². The van der Waals surface area contributed by atoms with Crippen LogP contribution >= 0.6 is 23.2 Å². The van der Waals surface area contributed by atoms with E-state index in [-0.39, 0.29) is 40.8 Å². The summed E-state index contributed by atoms with van der Waals surface area (Å²) in [5.74, 6) is -0.595. The molecule has 0 amide bonds. The smallest absolute Gasteiger partial charge is 0.343 e. The van der Waals surface area contributed by atoms with Crippen LogP contribution < -0.4 is 10.2 Å². The van der Waals surface area contributed by atoms with Crippen LogP contribution in [-0.4, -0.2) is 41.0 Å². The van der Waals surface area contributed by atoms with Gasteiger partial charge in [0.15, 0.2) is 5.43 Å². The number of rotatable bonds is 7. The third-order valence-corrected chi connectivity index (χ3v) is 4.81. The summed E-state index contributed by atoms with van der Waals surface area (Å²) in [7, 11) is 1.41. The first kappa shape index (κ1) is 22.2. The van der Waals surface area contributed by atoms with Crippen LogP contribution in [0.4, 0.5) is 0 Å². The van der Waals surface area contributed by atoms with Crippen LogP contribution in [0.2, 0.25) is 10.2 Å². The van der Waals surface area contributed by atoms with Crippen molar-refractivity contribution in [2.75, 3.05) is 20.3 Å². The molecule has 0 bridgehead atoms. The normalized spacial score (nSPS) is 12.1. The molecule has 0 fully saturated rings. The lowest BCUT2D eigenvalue weighted by molar-refractivity contribution is 0.0523. The Balaban J connectivity index is 2.80. The largest absolute Gasteiger partial charge is 0.480 e. The van der Waals surface area contributed by atoms with Crippen LogP contribution in [0.3, 0.4) is 0 Å². The van der Waals surface area contributed by atoms with Gasteiger partial charge in [-0.05, 0) is 18.9 Å². The second-order valence-electron chi connectivity index (χ2n) is 6.38. The van der Waals surface area contributed by atoms with E-state index in [4.69, 9.17) is 32.7 Å². The molecule has 152 valence electrons. The molecule has 0 aliphatic rings. The minimum Gasteiger partial charge on any atom is -0.480 e. The van der Waals surface area contributed by atoms with E-state index in [1.807, 2.05) is 13.8 Å². The van der Waals surface area contributed by atoms with Gasteiger partial charge in [-0.25, -0.2) is 4.79 Å². The number of aliphatic hydroxyl groups is 1. The van der Waals surface area contributed by atoms with Crippen molar-refractivity contribution in [1.82, 2.24) is 9.55 Å². The molecule has 0 aromatic carbocycles. The molecular weight excluding hydrogens is 407 g/mol. The monoisotopic (exact) mass is 428 g/mol. The first-order chi connectivity index (χ1) is 13.2. The van der Waals surface area contributed by atoms with E-state index >= 15 is 0 Å². The fourth-order valence-electron chi connectivity index (χ4n) is 2.80. The molecule has 1 unspecified atom stereocenters. The molecule has 2 aromatic heterocycles. The van der Waals surface area contributed by atoms with Crippen LogP contribution in [-0.2, 0) is 4.74 Å². The molecular formula is C19H22Cl2N2O5. The number of aromatic nitrogens is 2. The maximum absolute atomic E-state index is 12.6. The molecule has 7 nitrogen and oxygen atoms in total. The van der Waals surface area contributed by atoms with Crippen molar-refractivity contribution in [3.8, 4) is 17.1 Å². The fraction of sp³-hybridized carbons (Fsp3) is 0.421. The summed E-state index contributed by atoms with van der Waals surface area (Å²) >= 11 is 12.5. The van der Waals surface area contributed by atoms with Gasteiger partial charge >= 0.3 is 5.97 Å². The van der Waals surface area contributed by atoms with Gasteiger partial charge in [-0.2, -0.15) is 4.98 Å². The van der Waals surface area contributed by atoms with Crippen LogP contribution in [0.25, 0.3) is 11.3 Å². The predicted molar refractivity (Wildman–Crippen MR) is 107 cm³/mol. The number of hydrogen-bond acceptors (Lipinski definition) is 6. The van der Waals surface area contributed by atoms with Gasteiger partial charge in [-0.15, -0.1) is 0 Å². The van der Waals surface area contributed by atoms with Gasteiger partial charge in [0, 0.05) is 17.8 Å². The van der Waals surface area contributed by atoms with E-state index in [1.54, 1.807) is 11.5 Å². The summed E-state index contributed by atoms with van der Waals surface area (Å²) in [5.41, 5.74) is 0.0773. The zero-order chi connectivity index (χ0) is 21.0. The molecule has 9 heteroatoms. The lowest BCUT2D eigenvalue weighted by atomic mass is 10.0. The highest BCUT2D eigenvalue weighted by Gasteiger charge is 2.24. The highest BCUT2D eigenvalue weighted by Crippen LogP contribution is 2.35. The number of halogens is 2. The van der Waals surface area contributed by atoms with Crippen LogP contribution in [0.1, 0.15) is 37.2 Å². The van der Waals surface area contributed by atoms with Gasteiger partial charge in [-0.1, -0.05) is 37.0 Å². The van der Waals surface area contributed by atoms with Crippen LogP contribution in [0.15, 0.2) is 23.1 Å². The Kier molecular flexibility index (Phi) is 7.46. The van der Waals surface area contributed by atoms with Crippen LogP contribution in [0.5, 0.6) is 5.88 Å². The lowest BCUT2D eigenvalue weighted by Gasteiger charge is -2.26. The highest BCUT2D eigenvalue weighted by atomic mass is 35.5. The number of nitrogens with zero attached hydrogens (tertiary/aromatic N) is 2. The average Bonchev–Trinajstić information content (AvgIpc) is 2.64. The summed E-state index contributed by atoms with van der Waals surface area (Å²) < 4.78 is 11.7. The molecule has 0 spiro atoms. The molecule has 2 rings (SSSR count). The summed E-state index contributed by atoms with van der Waals surface area (Å²) in [6.45, 7) is 5.39. The summed E-state index contributed by atoms with van der Waals surface area (Å²) in [6.07, 6.45) is 1.38. The number of ether oxygens (including phenoxy) is 2. The Morgan fingerprint density at radius 1 is 1.32 bits per heavy atom. The molecule has 2 heterocycles. The third kappa shape index (κ3) is 4.48. The predicted octanol–water partition coefficient (Wildman–Crippen LogP) is 3.59. The molecule has 1 atom stereocenters. The number of aliphatic hydroxyl groups excluding tert-OH is 1. The van der Waals surface area contributed by atoms with E-state index < -0.39 is 17.4 Å². The molecule has 0 radical (unpaired) electrons. The van der Waals surface area contributed by atoms with Gasteiger partial charge in [0.1, 0.15) is 15.7 Å². The Hall–Kier alpha value is -2.09. The van der Waals surface area contributed by atoms with Gasteiger partial charge in [0.05, 0.1) is 32.1 Å². The maximum atomic E-state index is 12.6. The molecule has 0 aliphatic carbocycles. The fourth-order valence-corrected chi connectivity index (χ4v) is 3.25. The lowest BCUT2D eigenvalue weighted by Crippen LogP contribution is -2.26. The Labute approximate surface area is 172 Å². The second-order valence-corrected chi connectivity index (χ2v) is 7.14. The quantitative estimate of drug-likeness (QED) is 0.535. The van der Waals surface area contributed by atoms with Crippen molar-refractivity contribution in [2.45, 2.75) is 26.8 Å². The molecule has 2 aromatic rings. The highest BCUT2D eigenvalue weighted by molar-refractivity contribution is 6.35. The summed E-state index contributed by atoms with van der Waals surface area (Å²) in [5, 5.41) is 10.2. The third-order valence-electron chi connectivity index (χ3n) is 4.26. The van der Waals surface area contributed by atoms with Crippen molar-refractivity contribution in [3.63, 3.8) is 0 Å². The Morgan fingerprint density at radius 3 is 2.54 bits per heavy atom. The first-order valence-corrected chi connectivity index (χ1v) is 9.45. The maximum Gasteiger partial charge on any atom is 0.343 e. The molecule has 28 heavy (non-hydrogen) atoms. The van der Waals surface area contributed by atoms with Crippen molar-refractivity contribution >= 4 is 29.2 Å². The number of esters is 1. The van der Waals surface area contributed by atoms with E-state index in [2.05, 4.69) is 4.98 Å². The summed E-state index contributed by atoms with van der Waals surface area (Å²) in [6, 6.07) is 2.36. The Bertz CT molecular complexity index is 927. The van der Waals surface area contributed by atoms with Crippen molar-refractivity contribution < 1.29 is 19.4 Å². The van der Waals surface area contributed by atoms with Crippen molar-refractivity contribution in [1.29, 1.82) is 0 Å². The minimum absolute atomic E-state index is 0.0123. The van der Waals surface area contributed by atoms with Gasteiger partial charge < -0.3 is 19.1 Å². The first-order valence-electron chi connectivity index (χ1n) is 8.69. The molecule has 0 saturated heterocycles. The molecule has 0 aliphatic heterocycles. The second kappa shape index (κ2) is 9.41. The van der Waals surface area contributed by atoms with Gasteiger partial charge in [-0.3, -0.25) is 4.79 Å².